The Hall–Kier alpha value is -1.49. The van der Waals surface area contributed by atoms with Gasteiger partial charge >= 0.3 is 0 Å². The molecule has 106 valence electrons. The first-order valence-corrected chi connectivity index (χ1v) is 6.84. The number of rotatable bonds is 4. The van der Waals surface area contributed by atoms with Gasteiger partial charge in [0, 0.05) is 22.5 Å². The highest BCUT2D eigenvalue weighted by Crippen LogP contribution is 2.31. The van der Waals surface area contributed by atoms with Gasteiger partial charge in [0.1, 0.15) is 23.2 Å². The summed E-state index contributed by atoms with van der Waals surface area (Å²) in [4.78, 5) is -0.409. The number of ether oxygens (including phenoxy) is 1. The van der Waals surface area contributed by atoms with Gasteiger partial charge in [-0.2, -0.15) is 0 Å². The van der Waals surface area contributed by atoms with Crippen molar-refractivity contribution in [2.45, 2.75) is 11.2 Å². The molecule has 2 aromatic rings. The molecule has 0 aliphatic rings. The van der Waals surface area contributed by atoms with Gasteiger partial charge in [-0.3, -0.25) is 0 Å². The maximum Gasteiger partial charge on any atom is 0.131 e. The predicted octanol–water partition coefficient (Wildman–Crippen LogP) is 4.79. The second-order valence-electron chi connectivity index (χ2n) is 4.29. The highest BCUT2D eigenvalue weighted by molar-refractivity contribution is 9.09. The molecule has 0 radical (unpaired) electrons. The van der Waals surface area contributed by atoms with Crippen molar-refractivity contribution < 1.29 is 17.9 Å². The van der Waals surface area contributed by atoms with E-state index in [1.54, 1.807) is 12.1 Å². The van der Waals surface area contributed by atoms with Crippen LogP contribution in [-0.4, -0.2) is 7.11 Å². The summed E-state index contributed by atoms with van der Waals surface area (Å²) < 4.78 is 45.2. The van der Waals surface area contributed by atoms with Gasteiger partial charge in [0.25, 0.3) is 0 Å². The molecule has 20 heavy (non-hydrogen) atoms. The van der Waals surface area contributed by atoms with Crippen LogP contribution in [0.2, 0.25) is 0 Å². The van der Waals surface area contributed by atoms with E-state index in [1.807, 2.05) is 0 Å². The molecule has 1 atom stereocenters. The van der Waals surface area contributed by atoms with Gasteiger partial charge < -0.3 is 4.74 Å². The molecular formula is C15H12BrF3O. The van der Waals surface area contributed by atoms with E-state index < -0.39 is 22.3 Å². The number of hydrogen-bond acceptors (Lipinski definition) is 1. The normalized spacial score (nSPS) is 12.2. The van der Waals surface area contributed by atoms with Crippen molar-refractivity contribution in [3.63, 3.8) is 0 Å². The first-order valence-electron chi connectivity index (χ1n) is 5.92. The summed E-state index contributed by atoms with van der Waals surface area (Å²) in [7, 11) is 1.45. The molecule has 1 unspecified atom stereocenters. The maximum atomic E-state index is 13.9. The number of methoxy groups -OCH3 is 1. The van der Waals surface area contributed by atoms with Gasteiger partial charge in [0.05, 0.1) is 7.11 Å². The summed E-state index contributed by atoms with van der Waals surface area (Å²) >= 11 is 3.33. The van der Waals surface area contributed by atoms with E-state index in [0.29, 0.717) is 16.9 Å². The molecule has 0 N–H and O–H groups in total. The zero-order valence-electron chi connectivity index (χ0n) is 10.7. The lowest BCUT2D eigenvalue weighted by Crippen LogP contribution is -2.01. The fourth-order valence-corrected chi connectivity index (χ4v) is 2.60. The Morgan fingerprint density at radius 2 is 1.80 bits per heavy atom. The van der Waals surface area contributed by atoms with Gasteiger partial charge in [-0.15, -0.1) is 0 Å². The average molecular weight is 345 g/mol. The van der Waals surface area contributed by atoms with E-state index in [9.17, 15) is 13.2 Å². The summed E-state index contributed by atoms with van der Waals surface area (Å²) in [6.07, 6.45) is 0.218. The molecule has 0 saturated carbocycles. The molecule has 0 saturated heterocycles. The summed E-state index contributed by atoms with van der Waals surface area (Å²) in [6, 6.07) is 7.84. The highest BCUT2D eigenvalue weighted by Gasteiger charge is 2.16. The van der Waals surface area contributed by atoms with Crippen LogP contribution in [0.25, 0.3) is 0 Å². The predicted molar refractivity (Wildman–Crippen MR) is 74.7 cm³/mol. The van der Waals surface area contributed by atoms with E-state index in [1.165, 1.54) is 25.3 Å². The summed E-state index contributed by atoms with van der Waals surface area (Å²) in [5, 5.41) is 0. The van der Waals surface area contributed by atoms with E-state index in [0.717, 1.165) is 6.07 Å². The molecule has 0 aliphatic carbocycles. The van der Waals surface area contributed by atoms with Crippen molar-refractivity contribution in [1.29, 1.82) is 0 Å². The monoisotopic (exact) mass is 344 g/mol. The average Bonchev–Trinajstić information content (AvgIpc) is 2.41. The smallest absolute Gasteiger partial charge is 0.131 e. The van der Waals surface area contributed by atoms with Crippen molar-refractivity contribution in [3.8, 4) is 5.75 Å². The van der Waals surface area contributed by atoms with Crippen LogP contribution in [0.1, 0.15) is 16.0 Å². The molecule has 0 amide bonds. The zero-order chi connectivity index (χ0) is 14.7. The van der Waals surface area contributed by atoms with Crippen molar-refractivity contribution in [1.82, 2.24) is 0 Å². The van der Waals surface area contributed by atoms with Crippen molar-refractivity contribution in [3.05, 3.63) is 65.0 Å². The van der Waals surface area contributed by atoms with Crippen LogP contribution in [0.3, 0.4) is 0 Å². The third-order valence-electron chi connectivity index (χ3n) is 2.96. The van der Waals surface area contributed by atoms with Gasteiger partial charge in [-0.25, -0.2) is 13.2 Å². The minimum atomic E-state index is -0.636. The Morgan fingerprint density at radius 1 is 1.05 bits per heavy atom. The number of alkyl halides is 1. The largest absolute Gasteiger partial charge is 0.497 e. The molecule has 0 aliphatic heterocycles. The molecule has 2 rings (SSSR count). The quantitative estimate of drug-likeness (QED) is 0.724. The molecular weight excluding hydrogens is 333 g/mol. The molecule has 0 spiro atoms. The molecule has 0 bridgehead atoms. The maximum absolute atomic E-state index is 13.9. The first kappa shape index (κ1) is 14.9. The Balaban J connectivity index is 2.21. The number of halogens is 4. The van der Waals surface area contributed by atoms with E-state index in [2.05, 4.69) is 15.9 Å². The van der Waals surface area contributed by atoms with Crippen LogP contribution >= 0.6 is 15.9 Å². The van der Waals surface area contributed by atoms with Gasteiger partial charge in [-0.05, 0) is 24.1 Å². The van der Waals surface area contributed by atoms with Crippen LogP contribution in [0.4, 0.5) is 13.2 Å². The number of hydrogen-bond donors (Lipinski definition) is 0. The summed E-state index contributed by atoms with van der Waals surface area (Å²) in [5.74, 6) is -1.29. The summed E-state index contributed by atoms with van der Waals surface area (Å²) in [5.41, 5.74) is 0.720. The molecule has 1 nitrogen and oxygen atoms in total. The minimum absolute atomic E-state index is 0.218. The molecule has 5 heteroatoms. The SMILES string of the molecule is COc1ccc(C(Br)Cc2ccc(F)cc2F)c(F)c1. The summed E-state index contributed by atoms with van der Waals surface area (Å²) in [6.45, 7) is 0. The van der Waals surface area contributed by atoms with Crippen molar-refractivity contribution in [2.24, 2.45) is 0 Å². The molecule has 0 aromatic heterocycles. The Labute approximate surface area is 123 Å². The Morgan fingerprint density at radius 3 is 2.40 bits per heavy atom. The fraction of sp³-hybridized carbons (Fsp3) is 0.200. The highest BCUT2D eigenvalue weighted by atomic mass is 79.9. The third kappa shape index (κ3) is 3.33. The van der Waals surface area contributed by atoms with E-state index in [-0.39, 0.29) is 6.42 Å². The Kier molecular flexibility index (Phi) is 4.70. The van der Waals surface area contributed by atoms with Crippen LogP contribution in [0.15, 0.2) is 36.4 Å². The second-order valence-corrected chi connectivity index (χ2v) is 5.40. The van der Waals surface area contributed by atoms with Crippen molar-refractivity contribution >= 4 is 15.9 Å². The van der Waals surface area contributed by atoms with Crippen molar-refractivity contribution in [2.75, 3.05) is 7.11 Å². The lowest BCUT2D eigenvalue weighted by Gasteiger charge is -2.13. The third-order valence-corrected chi connectivity index (χ3v) is 3.78. The lowest BCUT2D eigenvalue weighted by atomic mass is 10.0. The van der Waals surface area contributed by atoms with Crippen LogP contribution < -0.4 is 4.74 Å². The molecule has 2 aromatic carbocycles. The van der Waals surface area contributed by atoms with Gasteiger partial charge in [0.15, 0.2) is 0 Å². The lowest BCUT2D eigenvalue weighted by molar-refractivity contribution is 0.410. The molecule has 0 heterocycles. The van der Waals surface area contributed by atoms with E-state index >= 15 is 0 Å². The van der Waals surface area contributed by atoms with Gasteiger partial charge in [-0.1, -0.05) is 28.1 Å². The minimum Gasteiger partial charge on any atom is -0.497 e. The van der Waals surface area contributed by atoms with E-state index in [4.69, 9.17) is 4.74 Å². The standard InChI is InChI=1S/C15H12BrF3O/c1-20-11-4-5-12(15(19)8-11)13(16)6-9-2-3-10(17)7-14(9)18/h2-5,7-8,13H,6H2,1H3. The fourth-order valence-electron chi connectivity index (χ4n) is 1.88. The van der Waals surface area contributed by atoms with Gasteiger partial charge in [0.2, 0.25) is 0 Å². The number of benzene rings is 2. The van der Waals surface area contributed by atoms with Crippen LogP contribution in [0, 0.1) is 17.5 Å². The Bertz CT molecular complexity index is 616. The second kappa shape index (κ2) is 6.31. The van der Waals surface area contributed by atoms with Crippen LogP contribution in [-0.2, 0) is 6.42 Å². The van der Waals surface area contributed by atoms with Crippen LogP contribution in [0.5, 0.6) is 5.75 Å². The molecule has 0 fully saturated rings. The zero-order valence-corrected chi connectivity index (χ0v) is 12.3. The topological polar surface area (TPSA) is 9.23 Å². The first-order chi connectivity index (χ1) is 9.51.